The van der Waals surface area contributed by atoms with Crippen LogP contribution in [0.3, 0.4) is 0 Å². The Kier molecular flexibility index (Phi) is 5.05. The standard InChI is InChI=1S/C15H24N2O2S/c1-10-7-8-14(20-10)11(2)16-15(19)17(3)9-12-5-4-6-13(12)18/h7-8,11-13,18H,4-6,9H2,1-3H3,(H,16,19)/t11-,12-,13-/m0/s1. The zero-order valence-corrected chi connectivity index (χ0v) is 13.2. The third-order valence-corrected chi connectivity index (χ3v) is 5.19. The maximum absolute atomic E-state index is 12.2. The van der Waals surface area contributed by atoms with E-state index in [1.54, 1.807) is 23.3 Å². The van der Waals surface area contributed by atoms with Crippen LogP contribution < -0.4 is 5.32 Å². The third kappa shape index (κ3) is 3.73. The van der Waals surface area contributed by atoms with Crippen molar-refractivity contribution in [1.29, 1.82) is 0 Å². The molecule has 0 radical (unpaired) electrons. The monoisotopic (exact) mass is 296 g/mol. The highest BCUT2D eigenvalue weighted by Gasteiger charge is 2.27. The van der Waals surface area contributed by atoms with Crippen molar-refractivity contribution in [2.24, 2.45) is 5.92 Å². The van der Waals surface area contributed by atoms with Gasteiger partial charge in [0.05, 0.1) is 12.1 Å². The summed E-state index contributed by atoms with van der Waals surface area (Å²) in [6.45, 7) is 4.70. The molecule has 1 fully saturated rings. The first kappa shape index (κ1) is 15.3. The highest BCUT2D eigenvalue weighted by Crippen LogP contribution is 2.26. The molecule has 5 heteroatoms. The van der Waals surface area contributed by atoms with Gasteiger partial charge < -0.3 is 15.3 Å². The Morgan fingerprint density at radius 3 is 2.85 bits per heavy atom. The van der Waals surface area contributed by atoms with Crippen LogP contribution in [0.2, 0.25) is 0 Å². The molecule has 2 amide bonds. The zero-order valence-electron chi connectivity index (χ0n) is 12.4. The number of nitrogens with zero attached hydrogens (tertiary/aromatic N) is 1. The van der Waals surface area contributed by atoms with Crippen LogP contribution in [0.25, 0.3) is 0 Å². The van der Waals surface area contributed by atoms with Crippen LogP contribution in [0.5, 0.6) is 0 Å². The van der Waals surface area contributed by atoms with Gasteiger partial charge in [0.1, 0.15) is 0 Å². The summed E-state index contributed by atoms with van der Waals surface area (Å²) in [7, 11) is 1.80. The van der Waals surface area contributed by atoms with Crippen LogP contribution in [0.1, 0.15) is 42.0 Å². The van der Waals surface area contributed by atoms with E-state index in [0.29, 0.717) is 6.54 Å². The molecule has 0 saturated heterocycles. The average molecular weight is 296 g/mol. The number of aliphatic hydroxyl groups excluding tert-OH is 1. The lowest BCUT2D eigenvalue weighted by molar-refractivity contribution is 0.113. The molecule has 0 bridgehead atoms. The molecule has 0 aromatic carbocycles. The largest absolute Gasteiger partial charge is 0.393 e. The lowest BCUT2D eigenvalue weighted by atomic mass is 10.1. The minimum absolute atomic E-state index is 0.0251. The molecule has 3 atom stereocenters. The van der Waals surface area contributed by atoms with Crippen molar-refractivity contribution in [3.8, 4) is 0 Å². The summed E-state index contributed by atoms with van der Waals surface area (Å²) in [4.78, 5) is 16.3. The predicted molar refractivity (Wildman–Crippen MR) is 82.0 cm³/mol. The summed E-state index contributed by atoms with van der Waals surface area (Å²) in [5.41, 5.74) is 0. The number of aliphatic hydroxyl groups is 1. The van der Waals surface area contributed by atoms with Crippen molar-refractivity contribution in [2.45, 2.75) is 45.3 Å². The topological polar surface area (TPSA) is 52.6 Å². The maximum Gasteiger partial charge on any atom is 0.317 e. The minimum atomic E-state index is -0.248. The molecule has 4 nitrogen and oxygen atoms in total. The van der Waals surface area contributed by atoms with E-state index < -0.39 is 0 Å². The molecule has 2 rings (SSSR count). The van der Waals surface area contributed by atoms with Crippen LogP contribution in [-0.4, -0.2) is 35.7 Å². The SMILES string of the molecule is Cc1ccc([C@H](C)NC(=O)N(C)C[C@@H]2CCC[C@@H]2O)s1. The van der Waals surface area contributed by atoms with Gasteiger partial charge >= 0.3 is 6.03 Å². The van der Waals surface area contributed by atoms with Crippen molar-refractivity contribution < 1.29 is 9.90 Å². The van der Waals surface area contributed by atoms with Crippen LogP contribution >= 0.6 is 11.3 Å². The van der Waals surface area contributed by atoms with Gasteiger partial charge in [0.15, 0.2) is 0 Å². The van der Waals surface area contributed by atoms with Gasteiger partial charge in [-0.1, -0.05) is 6.42 Å². The first-order valence-corrected chi connectivity index (χ1v) is 8.05. The second-order valence-corrected chi connectivity index (χ2v) is 7.08. The average Bonchev–Trinajstić information content (AvgIpc) is 2.99. The molecule has 2 N–H and O–H groups in total. The molecular weight excluding hydrogens is 272 g/mol. The van der Waals surface area contributed by atoms with Gasteiger partial charge in [0.25, 0.3) is 0 Å². The van der Waals surface area contributed by atoms with E-state index in [4.69, 9.17) is 0 Å². The molecule has 1 aromatic rings. The minimum Gasteiger partial charge on any atom is -0.393 e. The molecule has 0 aliphatic heterocycles. The Hall–Kier alpha value is -1.07. The number of amides is 2. The van der Waals surface area contributed by atoms with Crippen molar-refractivity contribution in [3.05, 3.63) is 21.9 Å². The maximum atomic E-state index is 12.2. The molecule has 1 aliphatic rings. The fraction of sp³-hybridized carbons (Fsp3) is 0.667. The zero-order chi connectivity index (χ0) is 14.7. The Bertz CT molecular complexity index is 460. The first-order valence-electron chi connectivity index (χ1n) is 7.23. The summed E-state index contributed by atoms with van der Waals surface area (Å²) < 4.78 is 0. The number of carbonyl (C=O) groups excluding carboxylic acids is 1. The lowest BCUT2D eigenvalue weighted by Crippen LogP contribution is -2.41. The Morgan fingerprint density at radius 2 is 2.30 bits per heavy atom. The van der Waals surface area contributed by atoms with Crippen LogP contribution in [0.4, 0.5) is 4.79 Å². The first-order chi connectivity index (χ1) is 9.47. The number of nitrogens with one attached hydrogen (secondary N) is 1. The fourth-order valence-electron chi connectivity index (χ4n) is 2.72. The number of aryl methyl sites for hydroxylation is 1. The fourth-order valence-corrected chi connectivity index (χ4v) is 3.60. The van der Waals surface area contributed by atoms with Crippen molar-refractivity contribution in [2.75, 3.05) is 13.6 Å². The molecule has 1 saturated carbocycles. The Labute approximate surface area is 124 Å². The Balaban J connectivity index is 1.84. The number of hydrogen-bond acceptors (Lipinski definition) is 3. The van der Waals surface area contributed by atoms with E-state index in [9.17, 15) is 9.90 Å². The summed E-state index contributed by atoms with van der Waals surface area (Å²) in [5, 5.41) is 12.8. The van der Waals surface area contributed by atoms with E-state index in [1.807, 2.05) is 6.92 Å². The summed E-state index contributed by atoms with van der Waals surface area (Å²) in [6, 6.07) is 4.09. The van der Waals surface area contributed by atoms with Gasteiger partial charge in [-0.05, 0) is 38.8 Å². The normalized spacial score (nSPS) is 23.6. The van der Waals surface area contributed by atoms with Crippen molar-refractivity contribution in [3.63, 3.8) is 0 Å². The molecule has 1 aromatic heterocycles. The second-order valence-electron chi connectivity index (χ2n) is 5.76. The quantitative estimate of drug-likeness (QED) is 0.897. The number of thiophene rings is 1. The van der Waals surface area contributed by atoms with E-state index in [1.165, 1.54) is 9.75 Å². The van der Waals surface area contributed by atoms with E-state index in [2.05, 4.69) is 24.4 Å². The highest BCUT2D eigenvalue weighted by atomic mass is 32.1. The molecule has 1 heterocycles. The van der Waals surface area contributed by atoms with Gasteiger partial charge in [-0.2, -0.15) is 0 Å². The number of urea groups is 1. The number of rotatable bonds is 4. The van der Waals surface area contributed by atoms with Gasteiger partial charge in [0.2, 0.25) is 0 Å². The summed E-state index contributed by atoms with van der Waals surface area (Å²) >= 11 is 1.71. The van der Waals surface area contributed by atoms with Crippen molar-refractivity contribution in [1.82, 2.24) is 10.2 Å². The smallest absolute Gasteiger partial charge is 0.317 e. The molecule has 20 heavy (non-hydrogen) atoms. The number of carbonyl (C=O) groups is 1. The van der Waals surface area contributed by atoms with Gasteiger partial charge in [-0.25, -0.2) is 4.79 Å². The molecule has 0 spiro atoms. The van der Waals surface area contributed by atoms with Crippen LogP contribution in [-0.2, 0) is 0 Å². The highest BCUT2D eigenvalue weighted by molar-refractivity contribution is 7.12. The van der Waals surface area contributed by atoms with E-state index >= 15 is 0 Å². The van der Waals surface area contributed by atoms with E-state index in [0.717, 1.165) is 19.3 Å². The van der Waals surface area contributed by atoms with Crippen molar-refractivity contribution >= 4 is 17.4 Å². The molecule has 0 unspecified atom stereocenters. The Morgan fingerprint density at radius 1 is 1.55 bits per heavy atom. The third-order valence-electron chi connectivity index (χ3n) is 4.00. The second kappa shape index (κ2) is 6.59. The van der Waals surface area contributed by atoms with E-state index in [-0.39, 0.29) is 24.1 Å². The lowest BCUT2D eigenvalue weighted by Gasteiger charge is -2.25. The summed E-state index contributed by atoms with van der Waals surface area (Å²) in [6.07, 6.45) is 2.69. The molecule has 112 valence electrons. The molecular formula is C15H24N2O2S. The van der Waals surface area contributed by atoms with Crippen LogP contribution in [0.15, 0.2) is 12.1 Å². The molecule has 1 aliphatic carbocycles. The van der Waals surface area contributed by atoms with Gasteiger partial charge in [-0.3, -0.25) is 0 Å². The predicted octanol–water partition coefficient (Wildman–Crippen LogP) is 2.92. The number of hydrogen-bond donors (Lipinski definition) is 2. The summed E-state index contributed by atoms with van der Waals surface area (Å²) in [5.74, 6) is 0.227. The van der Waals surface area contributed by atoms with Gasteiger partial charge in [0, 0.05) is 29.3 Å². The van der Waals surface area contributed by atoms with Crippen LogP contribution in [0, 0.1) is 12.8 Å². The van der Waals surface area contributed by atoms with Gasteiger partial charge in [-0.15, -0.1) is 11.3 Å².